The second-order valence-electron chi connectivity index (χ2n) is 7.02. The molecule has 4 heteroatoms. The van der Waals surface area contributed by atoms with Crippen molar-refractivity contribution in [2.75, 3.05) is 0 Å². The number of nitrogens with zero attached hydrogens (tertiary/aromatic N) is 3. The summed E-state index contributed by atoms with van der Waals surface area (Å²) in [5, 5.41) is 1.06. The standard InChI is InChI=1S/C22H21N3O/c1-4-10-22(20-23-11-7-12-24-20)17(13-15(2)3)19-14-16-8-5-6-9-18(16)25(19)21(22)26/h4-9,11-15H,1,10H2,2-3H3/b17-13-/t22-/m0/s1. The summed E-state index contributed by atoms with van der Waals surface area (Å²) in [7, 11) is 0. The van der Waals surface area contributed by atoms with Gasteiger partial charge in [-0.3, -0.25) is 9.36 Å². The highest BCUT2D eigenvalue weighted by atomic mass is 16.2. The Kier molecular flexibility index (Phi) is 3.83. The molecule has 1 aliphatic rings. The average molecular weight is 343 g/mol. The van der Waals surface area contributed by atoms with E-state index in [1.165, 1.54) is 0 Å². The maximum Gasteiger partial charge on any atom is 0.250 e. The van der Waals surface area contributed by atoms with Gasteiger partial charge >= 0.3 is 0 Å². The molecule has 3 heterocycles. The third-order valence-electron chi connectivity index (χ3n) is 4.91. The van der Waals surface area contributed by atoms with E-state index in [4.69, 9.17) is 0 Å². The van der Waals surface area contributed by atoms with Gasteiger partial charge in [0.2, 0.25) is 5.91 Å². The van der Waals surface area contributed by atoms with Crippen LogP contribution in [0.15, 0.2) is 67.5 Å². The third kappa shape index (κ3) is 2.18. The van der Waals surface area contributed by atoms with E-state index in [0.29, 0.717) is 12.2 Å². The Hall–Kier alpha value is -3.01. The van der Waals surface area contributed by atoms with Crippen LogP contribution in [0.4, 0.5) is 0 Å². The molecule has 1 atom stereocenters. The van der Waals surface area contributed by atoms with Crippen LogP contribution in [0.1, 0.15) is 36.6 Å². The lowest BCUT2D eigenvalue weighted by molar-refractivity contribution is 0.0856. The summed E-state index contributed by atoms with van der Waals surface area (Å²) in [5.41, 5.74) is 1.90. The SMILES string of the molecule is C=CC[C@]1(c2ncccn2)C(=O)n2c(cc3ccccc32)/C1=C/C(C)C. The summed E-state index contributed by atoms with van der Waals surface area (Å²) in [6, 6.07) is 11.8. The number of aromatic nitrogens is 3. The first-order valence-corrected chi connectivity index (χ1v) is 8.86. The number of benzene rings is 1. The van der Waals surface area contributed by atoms with Gasteiger partial charge in [0, 0.05) is 17.8 Å². The first-order valence-electron chi connectivity index (χ1n) is 8.86. The van der Waals surface area contributed by atoms with Crippen molar-refractivity contribution in [1.29, 1.82) is 0 Å². The Bertz CT molecular complexity index is 1030. The van der Waals surface area contributed by atoms with Gasteiger partial charge in [-0.1, -0.05) is 44.2 Å². The number of carbonyl (C=O) groups is 1. The fourth-order valence-electron chi connectivity index (χ4n) is 3.90. The molecule has 0 bridgehead atoms. The van der Waals surface area contributed by atoms with Crippen molar-refractivity contribution in [3.05, 3.63) is 79.0 Å². The quantitative estimate of drug-likeness (QED) is 0.649. The average Bonchev–Trinajstić information content (AvgIpc) is 3.12. The summed E-state index contributed by atoms with van der Waals surface area (Å²) in [4.78, 5) is 22.7. The van der Waals surface area contributed by atoms with Crippen LogP contribution in [0.3, 0.4) is 0 Å². The van der Waals surface area contributed by atoms with Gasteiger partial charge in [-0.15, -0.1) is 6.58 Å². The molecule has 0 spiro atoms. The van der Waals surface area contributed by atoms with Crippen molar-refractivity contribution in [1.82, 2.24) is 14.5 Å². The van der Waals surface area contributed by atoms with Crippen molar-refractivity contribution in [3.8, 4) is 0 Å². The number of hydrogen-bond donors (Lipinski definition) is 0. The highest BCUT2D eigenvalue weighted by molar-refractivity contribution is 6.14. The second-order valence-corrected chi connectivity index (χ2v) is 7.02. The Morgan fingerprint density at radius 3 is 2.62 bits per heavy atom. The molecule has 0 unspecified atom stereocenters. The maximum atomic E-state index is 13.8. The minimum Gasteiger partial charge on any atom is -0.279 e. The molecule has 2 aromatic heterocycles. The molecular weight excluding hydrogens is 322 g/mol. The molecule has 0 saturated carbocycles. The molecule has 0 radical (unpaired) electrons. The topological polar surface area (TPSA) is 47.8 Å². The highest BCUT2D eigenvalue weighted by Crippen LogP contribution is 2.49. The largest absolute Gasteiger partial charge is 0.279 e. The monoisotopic (exact) mass is 343 g/mol. The van der Waals surface area contributed by atoms with Gasteiger partial charge < -0.3 is 0 Å². The molecule has 4 rings (SSSR count). The summed E-state index contributed by atoms with van der Waals surface area (Å²) >= 11 is 0. The fraction of sp³-hybridized carbons (Fsp3) is 0.227. The van der Waals surface area contributed by atoms with Crippen LogP contribution < -0.4 is 0 Å². The molecule has 1 aliphatic heterocycles. The zero-order valence-electron chi connectivity index (χ0n) is 15.0. The van der Waals surface area contributed by atoms with Gasteiger partial charge in [0.15, 0.2) is 0 Å². The Morgan fingerprint density at radius 2 is 1.92 bits per heavy atom. The van der Waals surface area contributed by atoms with Crippen molar-refractivity contribution in [3.63, 3.8) is 0 Å². The van der Waals surface area contributed by atoms with Gasteiger partial charge in [0.1, 0.15) is 11.2 Å². The van der Waals surface area contributed by atoms with E-state index >= 15 is 0 Å². The van der Waals surface area contributed by atoms with E-state index in [9.17, 15) is 4.79 Å². The Labute approximate surface area is 152 Å². The van der Waals surface area contributed by atoms with Gasteiger partial charge in [-0.05, 0) is 36.1 Å². The second kappa shape index (κ2) is 6.06. The van der Waals surface area contributed by atoms with Crippen LogP contribution in [-0.4, -0.2) is 20.4 Å². The lowest BCUT2D eigenvalue weighted by Gasteiger charge is -2.26. The summed E-state index contributed by atoms with van der Waals surface area (Å²) in [6.45, 7) is 8.14. The molecule has 0 aliphatic carbocycles. The van der Waals surface area contributed by atoms with Crippen LogP contribution in [0.5, 0.6) is 0 Å². The molecule has 1 aromatic carbocycles. The minimum absolute atomic E-state index is 0.00769. The van der Waals surface area contributed by atoms with E-state index in [0.717, 1.165) is 22.2 Å². The van der Waals surface area contributed by atoms with Crippen molar-refractivity contribution >= 4 is 22.4 Å². The summed E-state index contributed by atoms with van der Waals surface area (Å²) in [6.07, 6.45) is 7.80. The van der Waals surface area contributed by atoms with Gasteiger partial charge in [0.05, 0.1) is 11.2 Å². The van der Waals surface area contributed by atoms with Crippen molar-refractivity contribution in [2.24, 2.45) is 5.92 Å². The first-order chi connectivity index (χ1) is 12.6. The van der Waals surface area contributed by atoms with Gasteiger partial charge in [-0.2, -0.15) is 0 Å². The third-order valence-corrected chi connectivity index (χ3v) is 4.91. The summed E-state index contributed by atoms with van der Waals surface area (Å²) in [5.74, 6) is 0.812. The highest BCUT2D eigenvalue weighted by Gasteiger charge is 2.53. The predicted molar refractivity (Wildman–Crippen MR) is 104 cm³/mol. The molecule has 0 saturated heterocycles. The zero-order chi connectivity index (χ0) is 18.3. The lowest BCUT2D eigenvalue weighted by atomic mass is 9.75. The Morgan fingerprint density at radius 1 is 1.19 bits per heavy atom. The fourth-order valence-corrected chi connectivity index (χ4v) is 3.90. The van der Waals surface area contributed by atoms with E-state index in [2.05, 4.69) is 42.5 Å². The lowest BCUT2D eigenvalue weighted by Crippen LogP contribution is -2.36. The van der Waals surface area contributed by atoms with Crippen LogP contribution in [0.25, 0.3) is 16.5 Å². The van der Waals surface area contributed by atoms with Crippen molar-refractivity contribution in [2.45, 2.75) is 25.7 Å². The van der Waals surface area contributed by atoms with E-state index in [-0.39, 0.29) is 11.8 Å². The summed E-state index contributed by atoms with van der Waals surface area (Å²) < 4.78 is 1.82. The van der Waals surface area contributed by atoms with E-state index < -0.39 is 5.41 Å². The number of carbonyl (C=O) groups excluding carboxylic acids is 1. The first kappa shape index (κ1) is 16.5. The predicted octanol–water partition coefficient (Wildman–Crippen LogP) is 4.64. The minimum atomic E-state index is -0.924. The normalized spacial score (nSPS) is 20.9. The molecule has 0 amide bonds. The number of hydrogen-bond acceptors (Lipinski definition) is 3. The molecule has 0 fully saturated rings. The molecule has 130 valence electrons. The smallest absolute Gasteiger partial charge is 0.250 e. The van der Waals surface area contributed by atoms with Crippen LogP contribution in [0, 0.1) is 5.92 Å². The molecular formula is C22H21N3O. The number of fused-ring (bicyclic) bond motifs is 3. The van der Waals surface area contributed by atoms with Gasteiger partial charge in [0.25, 0.3) is 0 Å². The number of rotatable bonds is 4. The molecule has 4 nitrogen and oxygen atoms in total. The van der Waals surface area contributed by atoms with Crippen LogP contribution in [-0.2, 0) is 5.41 Å². The van der Waals surface area contributed by atoms with Crippen LogP contribution in [0.2, 0.25) is 0 Å². The van der Waals surface area contributed by atoms with Gasteiger partial charge in [-0.25, -0.2) is 9.97 Å². The zero-order valence-corrected chi connectivity index (χ0v) is 15.0. The molecule has 26 heavy (non-hydrogen) atoms. The number of para-hydroxylation sites is 1. The van der Waals surface area contributed by atoms with Crippen LogP contribution >= 0.6 is 0 Å². The van der Waals surface area contributed by atoms with Crippen molar-refractivity contribution < 1.29 is 4.79 Å². The maximum absolute atomic E-state index is 13.8. The molecule has 3 aromatic rings. The Balaban J connectivity index is 2.08. The molecule has 0 N–H and O–H groups in total. The van der Waals surface area contributed by atoms with E-state index in [1.807, 2.05) is 28.8 Å². The number of allylic oxidation sites excluding steroid dienone is 3. The van der Waals surface area contributed by atoms with E-state index in [1.54, 1.807) is 24.5 Å².